The van der Waals surface area contributed by atoms with E-state index < -0.39 is 0 Å². The lowest BCUT2D eigenvalue weighted by Gasteiger charge is -2.37. The van der Waals surface area contributed by atoms with Gasteiger partial charge in [0.15, 0.2) is 0 Å². The largest absolute Gasteiger partial charge is 0.493 e. The monoisotopic (exact) mass is 562 g/mol. The average molecular weight is 563 g/mol. The smallest absolute Gasteiger partial charge is 0.409 e. The molecular weight excluding hydrogens is 520 g/mol. The molecule has 1 aliphatic rings. The molecule has 1 aliphatic heterocycles. The maximum absolute atomic E-state index is 12.7. The van der Waals surface area contributed by atoms with Crippen molar-refractivity contribution in [2.24, 2.45) is 17.8 Å². The van der Waals surface area contributed by atoms with Gasteiger partial charge in [-0.05, 0) is 74.8 Å². The van der Waals surface area contributed by atoms with Crippen molar-refractivity contribution in [3.05, 3.63) is 71.6 Å². The fourth-order valence-electron chi connectivity index (χ4n) is 5.11. The Morgan fingerprint density at radius 2 is 1.80 bits per heavy atom. The highest BCUT2D eigenvalue weighted by Crippen LogP contribution is 2.30. The van der Waals surface area contributed by atoms with E-state index >= 15 is 0 Å². The molecule has 3 aromatic rings. The number of aromatic nitrogens is 1. The molecule has 0 radical (unpaired) electrons. The van der Waals surface area contributed by atoms with E-state index in [4.69, 9.17) is 18.6 Å². The summed E-state index contributed by atoms with van der Waals surface area (Å²) < 4.78 is 22.6. The maximum Gasteiger partial charge on any atom is 0.409 e. The van der Waals surface area contributed by atoms with Crippen LogP contribution in [0.25, 0.3) is 11.5 Å². The summed E-state index contributed by atoms with van der Waals surface area (Å²) in [7, 11) is 0. The molecular formula is C33H42N2O6. The Morgan fingerprint density at radius 1 is 1.05 bits per heavy atom. The third-order valence-corrected chi connectivity index (χ3v) is 7.37. The van der Waals surface area contributed by atoms with Crippen LogP contribution in [0, 0.1) is 24.7 Å². The lowest BCUT2D eigenvalue weighted by Crippen LogP contribution is -2.46. The molecule has 2 atom stereocenters. The van der Waals surface area contributed by atoms with Crippen LogP contribution < -0.4 is 4.74 Å². The predicted molar refractivity (Wildman–Crippen MR) is 157 cm³/mol. The zero-order valence-corrected chi connectivity index (χ0v) is 24.6. The number of ether oxygens (including phenoxy) is 3. The highest BCUT2D eigenvalue weighted by Gasteiger charge is 2.37. The van der Waals surface area contributed by atoms with Crippen LogP contribution in [0.1, 0.15) is 50.6 Å². The van der Waals surface area contributed by atoms with Gasteiger partial charge >= 0.3 is 12.1 Å². The van der Waals surface area contributed by atoms with Crippen molar-refractivity contribution in [2.75, 3.05) is 32.9 Å². The Bertz CT molecular complexity index is 1250. The lowest BCUT2D eigenvalue weighted by atomic mass is 9.82. The number of hydrogen-bond acceptors (Lipinski definition) is 7. The average Bonchev–Trinajstić information content (AvgIpc) is 3.36. The van der Waals surface area contributed by atoms with E-state index in [1.807, 2.05) is 70.2 Å². The number of rotatable bonds is 12. The second-order valence-electron chi connectivity index (χ2n) is 11.0. The maximum atomic E-state index is 12.7. The van der Waals surface area contributed by atoms with Gasteiger partial charge in [0.25, 0.3) is 0 Å². The Morgan fingerprint density at radius 3 is 2.51 bits per heavy atom. The molecule has 1 aromatic heterocycles. The van der Waals surface area contributed by atoms with Gasteiger partial charge in [-0.2, -0.15) is 0 Å². The normalized spacial score (nSPS) is 17.0. The molecule has 2 heterocycles. The van der Waals surface area contributed by atoms with Gasteiger partial charge in [0.1, 0.15) is 11.5 Å². The number of nitrogens with zero attached hydrogens (tertiary/aromatic N) is 2. The second kappa shape index (κ2) is 14.7. The highest BCUT2D eigenvalue weighted by molar-refractivity contribution is 5.74. The molecule has 8 nitrogen and oxygen atoms in total. The molecule has 8 heteroatoms. The minimum Gasteiger partial charge on any atom is -0.493 e. The second-order valence-corrected chi connectivity index (χ2v) is 11.0. The van der Waals surface area contributed by atoms with Crippen LogP contribution in [0.3, 0.4) is 0 Å². The van der Waals surface area contributed by atoms with E-state index in [0.29, 0.717) is 51.6 Å². The summed E-state index contributed by atoms with van der Waals surface area (Å²) in [5.74, 6) is 2.12. The van der Waals surface area contributed by atoms with Gasteiger partial charge in [0, 0.05) is 25.1 Å². The third-order valence-electron chi connectivity index (χ3n) is 7.37. The zero-order chi connectivity index (χ0) is 29.2. The number of amides is 1. The van der Waals surface area contributed by atoms with Crippen molar-refractivity contribution < 1.29 is 28.2 Å². The number of hydrogen-bond donors (Lipinski definition) is 0. The number of piperidine rings is 1. The predicted octanol–water partition coefficient (Wildman–Crippen LogP) is 6.50. The number of esters is 1. The van der Waals surface area contributed by atoms with Crippen LogP contribution in [0.2, 0.25) is 0 Å². The topological polar surface area (TPSA) is 91.1 Å². The summed E-state index contributed by atoms with van der Waals surface area (Å²) in [4.78, 5) is 31.6. The fraction of sp³-hybridized carbons (Fsp3) is 0.485. The van der Waals surface area contributed by atoms with E-state index in [1.165, 1.54) is 0 Å². The fourth-order valence-corrected chi connectivity index (χ4v) is 5.11. The Balaban J connectivity index is 1.29. The van der Waals surface area contributed by atoms with Crippen molar-refractivity contribution in [2.45, 2.75) is 53.4 Å². The van der Waals surface area contributed by atoms with Gasteiger partial charge in [-0.1, -0.05) is 44.2 Å². The first-order valence-corrected chi connectivity index (χ1v) is 14.7. The summed E-state index contributed by atoms with van der Waals surface area (Å²) in [6.07, 6.45) is 2.50. The summed E-state index contributed by atoms with van der Waals surface area (Å²) in [5, 5.41) is 0. The van der Waals surface area contributed by atoms with E-state index in [9.17, 15) is 9.59 Å². The Kier molecular flexibility index (Phi) is 10.8. The molecule has 220 valence electrons. The first-order chi connectivity index (χ1) is 19.8. The summed E-state index contributed by atoms with van der Waals surface area (Å²) in [6, 6.07) is 17.9. The Labute approximate surface area is 243 Å². The number of carbonyl (C=O) groups excluding carboxylic acids is 2. The van der Waals surface area contributed by atoms with Crippen LogP contribution in [0.15, 0.2) is 59.0 Å². The van der Waals surface area contributed by atoms with Gasteiger partial charge in [-0.3, -0.25) is 4.79 Å². The van der Waals surface area contributed by atoms with E-state index in [0.717, 1.165) is 41.2 Å². The number of aryl methyl sites for hydroxylation is 2. The molecule has 41 heavy (non-hydrogen) atoms. The highest BCUT2D eigenvalue weighted by atomic mass is 16.6. The first-order valence-electron chi connectivity index (χ1n) is 14.7. The molecule has 2 aromatic carbocycles. The van der Waals surface area contributed by atoms with Crippen molar-refractivity contribution in [1.29, 1.82) is 0 Å². The standard InChI is InChI=1S/C33H42N2O6/c1-5-38-32(36)29-17-19-35(33(37)40-22-23(2)3)21-27(29)14-11-25-12-15-28(16-13-25)39-20-18-30-24(4)41-31(34-30)26-9-7-6-8-10-26/h6-10,12-13,15-16,23,27,29H,5,11,14,17-22H2,1-4H3/t27-,29+/m1/s1. The third kappa shape index (κ3) is 8.59. The quantitative estimate of drug-likeness (QED) is 0.233. The van der Waals surface area contributed by atoms with Crippen LogP contribution in [-0.4, -0.2) is 54.9 Å². The molecule has 4 rings (SSSR count). The lowest BCUT2D eigenvalue weighted by molar-refractivity contribution is -0.152. The van der Waals surface area contributed by atoms with Crippen LogP contribution in [0.5, 0.6) is 5.75 Å². The van der Waals surface area contributed by atoms with E-state index in [2.05, 4.69) is 17.1 Å². The molecule has 0 saturated carbocycles. The van der Waals surface area contributed by atoms with Crippen LogP contribution >= 0.6 is 0 Å². The summed E-state index contributed by atoms with van der Waals surface area (Å²) >= 11 is 0. The molecule has 1 fully saturated rings. The summed E-state index contributed by atoms with van der Waals surface area (Å²) in [6.45, 7) is 10.0. The van der Waals surface area contributed by atoms with Gasteiger partial charge in [0.05, 0.1) is 31.4 Å². The molecule has 0 spiro atoms. The summed E-state index contributed by atoms with van der Waals surface area (Å²) in [5.41, 5.74) is 3.00. The molecule has 0 N–H and O–H groups in total. The van der Waals surface area contributed by atoms with Crippen molar-refractivity contribution >= 4 is 12.1 Å². The zero-order valence-electron chi connectivity index (χ0n) is 24.6. The van der Waals surface area contributed by atoms with E-state index in [1.54, 1.807) is 4.90 Å². The number of benzene rings is 2. The molecule has 0 unspecified atom stereocenters. The number of likely N-dealkylation sites (tertiary alicyclic amines) is 1. The number of carbonyl (C=O) groups is 2. The van der Waals surface area contributed by atoms with Crippen molar-refractivity contribution in [3.63, 3.8) is 0 Å². The minimum absolute atomic E-state index is 0.0109. The number of oxazole rings is 1. The van der Waals surface area contributed by atoms with E-state index in [-0.39, 0.29) is 29.8 Å². The van der Waals surface area contributed by atoms with Crippen molar-refractivity contribution in [3.8, 4) is 17.2 Å². The van der Waals surface area contributed by atoms with Crippen LogP contribution in [0.4, 0.5) is 4.79 Å². The Hall–Kier alpha value is -3.81. The van der Waals surface area contributed by atoms with Gasteiger partial charge in [-0.15, -0.1) is 0 Å². The van der Waals surface area contributed by atoms with Crippen LogP contribution in [-0.2, 0) is 27.1 Å². The molecule has 1 saturated heterocycles. The van der Waals surface area contributed by atoms with Gasteiger partial charge in [0.2, 0.25) is 5.89 Å². The van der Waals surface area contributed by atoms with Gasteiger partial charge < -0.3 is 23.5 Å². The first kappa shape index (κ1) is 30.2. The molecule has 1 amide bonds. The van der Waals surface area contributed by atoms with Gasteiger partial charge in [-0.25, -0.2) is 9.78 Å². The van der Waals surface area contributed by atoms with Crippen molar-refractivity contribution in [1.82, 2.24) is 9.88 Å². The minimum atomic E-state index is -0.301. The molecule has 0 aliphatic carbocycles. The molecule has 0 bridgehead atoms. The SMILES string of the molecule is CCOC(=O)[C@H]1CCN(C(=O)OCC(C)C)C[C@H]1CCc1ccc(OCCc2nc(-c3ccccc3)oc2C)cc1.